The topological polar surface area (TPSA) is 84.6 Å². The SMILES string of the molecule is CCNC(=NCCOCc1ccccc1)NCCc1nc(C(C)C)no1. The van der Waals surface area contributed by atoms with Crippen LogP contribution in [0.2, 0.25) is 0 Å². The zero-order chi connectivity index (χ0) is 18.6. The number of rotatable bonds is 10. The summed E-state index contributed by atoms with van der Waals surface area (Å²) >= 11 is 0. The van der Waals surface area contributed by atoms with E-state index in [1.54, 1.807) is 0 Å². The molecule has 7 nitrogen and oxygen atoms in total. The van der Waals surface area contributed by atoms with Gasteiger partial charge in [0.1, 0.15) is 0 Å². The molecule has 0 fully saturated rings. The molecule has 1 heterocycles. The van der Waals surface area contributed by atoms with Gasteiger partial charge in [0.25, 0.3) is 0 Å². The molecule has 0 saturated carbocycles. The Labute approximate surface area is 155 Å². The number of ether oxygens (including phenoxy) is 1. The maximum atomic E-state index is 5.65. The predicted molar refractivity (Wildman–Crippen MR) is 102 cm³/mol. The summed E-state index contributed by atoms with van der Waals surface area (Å²) in [5, 5.41) is 10.5. The second kappa shape index (κ2) is 11.3. The van der Waals surface area contributed by atoms with Gasteiger partial charge in [0.15, 0.2) is 11.8 Å². The summed E-state index contributed by atoms with van der Waals surface area (Å²) in [5.74, 6) is 2.43. The van der Waals surface area contributed by atoms with Gasteiger partial charge >= 0.3 is 0 Å². The van der Waals surface area contributed by atoms with Crippen molar-refractivity contribution in [2.24, 2.45) is 4.99 Å². The molecule has 0 unspecified atom stereocenters. The molecule has 0 radical (unpaired) electrons. The van der Waals surface area contributed by atoms with Crippen molar-refractivity contribution >= 4 is 5.96 Å². The Morgan fingerprint density at radius 3 is 2.73 bits per heavy atom. The van der Waals surface area contributed by atoms with E-state index in [0.29, 0.717) is 38.6 Å². The van der Waals surface area contributed by atoms with Crippen molar-refractivity contribution in [2.45, 2.75) is 39.7 Å². The highest BCUT2D eigenvalue weighted by Crippen LogP contribution is 2.09. The smallest absolute Gasteiger partial charge is 0.228 e. The Kier molecular flexibility index (Phi) is 8.62. The molecule has 2 aromatic rings. The van der Waals surface area contributed by atoms with Crippen molar-refractivity contribution in [1.82, 2.24) is 20.8 Å². The van der Waals surface area contributed by atoms with E-state index in [1.807, 2.05) is 39.0 Å². The highest BCUT2D eigenvalue weighted by atomic mass is 16.5. The molecule has 0 saturated heterocycles. The Bertz CT molecular complexity index is 655. The van der Waals surface area contributed by atoms with Crippen LogP contribution in [0.5, 0.6) is 0 Å². The van der Waals surface area contributed by atoms with Gasteiger partial charge in [-0.1, -0.05) is 49.3 Å². The van der Waals surface area contributed by atoms with Gasteiger partial charge in [-0.3, -0.25) is 4.99 Å². The van der Waals surface area contributed by atoms with Crippen LogP contribution in [-0.4, -0.2) is 42.3 Å². The van der Waals surface area contributed by atoms with Crippen molar-refractivity contribution in [3.63, 3.8) is 0 Å². The maximum Gasteiger partial charge on any atom is 0.228 e. The lowest BCUT2D eigenvalue weighted by molar-refractivity contribution is 0.128. The van der Waals surface area contributed by atoms with Gasteiger partial charge in [-0.25, -0.2) is 0 Å². The minimum atomic E-state index is 0.273. The molecule has 142 valence electrons. The zero-order valence-electron chi connectivity index (χ0n) is 15.9. The first kappa shape index (κ1) is 19.9. The summed E-state index contributed by atoms with van der Waals surface area (Å²) in [6, 6.07) is 10.1. The summed E-state index contributed by atoms with van der Waals surface area (Å²) in [6.45, 7) is 9.38. The monoisotopic (exact) mass is 359 g/mol. The number of aliphatic imine (C=N–C) groups is 1. The van der Waals surface area contributed by atoms with Crippen LogP contribution in [0.3, 0.4) is 0 Å². The number of hydrogen-bond donors (Lipinski definition) is 2. The number of aromatic nitrogens is 2. The van der Waals surface area contributed by atoms with Crippen molar-refractivity contribution < 1.29 is 9.26 Å². The maximum absolute atomic E-state index is 5.65. The van der Waals surface area contributed by atoms with E-state index in [2.05, 4.69) is 37.9 Å². The molecule has 0 amide bonds. The van der Waals surface area contributed by atoms with E-state index in [4.69, 9.17) is 9.26 Å². The van der Waals surface area contributed by atoms with Crippen LogP contribution >= 0.6 is 0 Å². The summed E-state index contributed by atoms with van der Waals surface area (Å²) in [5.41, 5.74) is 1.17. The number of benzene rings is 1. The number of nitrogens with one attached hydrogen (secondary N) is 2. The largest absolute Gasteiger partial charge is 0.375 e. The summed E-state index contributed by atoms with van der Waals surface area (Å²) in [7, 11) is 0. The molecule has 0 atom stereocenters. The van der Waals surface area contributed by atoms with Crippen molar-refractivity contribution in [3.8, 4) is 0 Å². The summed E-state index contributed by atoms with van der Waals surface area (Å²) in [4.78, 5) is 8.88. The molecule has 7 heteroatoms. The molecular weight excluding hydrogens is 330 g/mol. The molecule has 0 aliphatic heterocycles. The second-order valence-electron chi connectivity index (χ2n) is 6.18. The number of hydrogen-bond acceptors (Lipinski definition) is 5. The fourth-order valence-corrected chi connectivity index (χ4v) is 2.22. The first-order chi connectivity index (χ1) is 12.7. The van der Waals surface area contributed by atoms with Crippen LogP contribution in [0.1, 0.15) is 44.0 Å². The first-order valence-corrected chi connectivity index (χ1v) is 9.15. The standard InChI is InChI=1S/C19H29N5O2/c1-4-20-19(21-11-10-17-23-18(15(2)3)24-26-17)22-12-13-25-14-16-8-6-5-7-9-16/h5-9,15H,4,10-14H2,1-3H3,(H2,20,21,22). The van der Waals surface area contributed by atoms with Crippen molar-refractivity contribution in [3.05, 3.63) is 47.6 Å². The highest BCUT2D eigenvalue weighted by Gasteiger charge is 2.09. The zero-order valence-corrected chi connectivity index (χ0v) is 15.9. The van der Waals surface area contributed by atoms with Crippen LogP contribution in [0.15, 0.2) is 39.8 Å². The summed E-state index contributed by atoms with van der Waals surface area (Å²) < 4.78 is 10.9. The molecule has 2 N–H and O–H groups in total. The molecule has 0 aliphatic carbocycles. The van der Waals surface area contributed by atoms with E-state index in [0.717, 1.165) is 18.3 Å². The van der Waals surface area contributed by atoms with E-state index in [1.165, 1.54) is 5.56 Å². The van der Waals surface area contributed by atoms with Crippen LogP contribution in [0.25, 0.3) is 0 Å². The molecule has 0 spiro atoms. The van der Waals surface area contributed by atoms with Crippen molar-refractivity contribution in [1.29, 1.82) is 0 Å². The van der Waals surface area contributed by atoms with Gasteiger partial charge < -0.3 is 19.9 Å². The van der Waals surface area contributed by atoms with E-state index < -0.39 is 0 Å². The van der Waals surface area contributed by atoms with Crippen molar-refractivity contribution in [2.75, 3.05) is 26.2 Å². The molecular formula is C19H29N5O2. The van der Waals surface area contributed by atoms with Gasteiger partial charge in [-0.05, 0) is 12.5 Å². The quantitative estimate of drug-likeness (QED) is 0.385. The molecule has 2 rings (SSSR count). The van der Waals surface area contributed by atoms with Crippen LogP contribution in [0.4, 0.5) is 0 Å². The van der Waals surface area contributed by atoms with Crippen LogP contribution in [-0.2, 0) is 17.8 Å². The predicted octanol–water partition coefficient (Wildman–Crippen LogP) is 2.51. The molecule has 26 heavy (non-hydrogen) atoms. The third kappa shape index (κ3) is 7.23. The van der Waals surface area contributed by atoms with E-state index in [9.17, 15) is 0 Å². The fourth-order valence-electron chi connectivity index (χ4n) is 2.22. The van der Waals surface area contributed by atoms with Gasteiger partial charge in [0, 0.05) is 25.4 Å². The molecule has 1 aromatic heterocycles. The van der Waals surface area contributed by atoms with Gasteiger partial charge in [0.2, 0.25) is 5.89 Å². The van der Waals surface area contributed by atoms with Gasteiger partial charge in [-0.15, -0.1) is 0 Å². The average Bonchev–Trinajstić information content (AvgIpc) is 3.11. The molecule has 0 aliphatic rings. The summed E-state index contributed by atoms with van der Waals surface area (Å²) in [6.07, 6.45) is 0.661. The fraction of sp³-hybridized carbons (Fsp3) is 0.526. The third-order valence-corrected chi connectivity index (χ3v) is 3.59. The minimum Gasteiger partial charge on any atom is -0.375 e. The van der Waals surface area contributed by atoms with Crippen LogP contribution in [0, 0.1) is 0 Å². The van der Waals surface area contributed by atoms with Crippen LogP contribution < -0.4 is 10.6 Å². The van der Waals surface area contributed by atoms with Gasteiger partial charge in [-0.2, -0.15) is 4.98 Å². The van der Waals surface area contributed by atoms with E-state index >= 15 is 0 Å². The Morgan fingerprint density at radius 1 is 1.23 bits per heavy atom. The number of guanidine groups is 1. The molecule has 0 bridgehead atoms. The lowest BCUT2D eigenvalue weighted by Gasteiger charge is -2.10. The van der Waals surface area contributed by atoms with Gasteiger partial charge in [0.05, 0.1) is 19.8 Å². The Balaban J connectivity index is 1.68. The molecule has 1 aromatic carbocycles. The third-order valence-electron chi connectivity index (χ3n) is 3.59. The lowest BCUT2D eigenvalue weighted by atomic mass is 10.2. The van der Waals surface area contributed by atoms with E-state index in [-0.39, 0.29) is 5.92 Å². The Hall–Kier alpha value is -2.41. The highest BCUT2D eigenvalue weighted by molar-refractivity contribution is 5.79. The minimum absolute atomic E-state index is 0.273. The Morgan fingerprint density at radius 2 is 2.04 bits per heavy atom. The lowest BCUT2D eigenvalue weighted by Crippen LogP contribution is -2.38. The average molecular weight is 359 g/mol. The number of nitrogens with zero attached hydrogens (tertiary/aromatic N) is 3. The normalized spacial score (nSPS) is 11.8. The second-order valence-corrected chi connectivity index (χ2v) is 6.18. The first-order valence-electron chi connectivity index (χ1n) is 9.15.